The average Bonchev–Trinajstić information content (AvgIpc) is 3.32. The molecule has 0 saturated heterocycles. The van der Waals surface area contributed by atoms with Gasteiger partial charge in [0.1, 0.15) is 11.3 Å². The molecule has 146 valence electrons. The summed E-state index contributed by atoms with van der Waals surface area (Å²) in [6.45, 7) is 4.11. The monoisotopic (exact) mass is 399 g/mol. The van der Waals surface area contributed by atoms with Crippen molar-refractivity contribution in [3.63, 3.8) is 0 Å². The van der Waals surface area contributed by atoms with Crippen molar-refractivity contribution < 1.29 is 19.1 Å². The predicted octanol–water partition coefficient (Wildman–Crippen LogP) is 3.28. The van der Waals surface area contributed by atoms with E-state index >= 15 is 0 Å². The Morgan fingerprint density at radius 3 is 2.61 bits per heavy atom. The van der Waals surface area contributed by atoms with E-state index in [4.69, 9.17) is 9.47 Å². The molecule has 0 atom stereocenters. The maximum Gasteiger partial charge on any atom is 0.341 e. The fourth-order valence-corrected chi connectivity index (χ4v) is 3.78. The highest BCUT2D eigenvalue weighted by molar-refractivity contribution is 7.12. The Bertz CT molecular complexity index is 1010. The van der Waals surface area contributed by atoms with Crippen LogP contribution in [0.2, 0.25) is 0 Å². The van der Waals surface area contributed by atoms with Crippen molar-refractivity contribution in [2.45, 2.75) is 20.4 Å². The van der Waals surface area contributed by atoms with E-state index in [1.807, 2.05) is 29.9 Å². The molecule has 7 nitrogen and oxygen atoms in total. The first-order valence-corrected chi connectivity index (χ1v) is 9.46. The maximum atomic E-state index is 12.7. The molecule has 2 heterocycles. The van der Waals surface area contributed by atoms with Crippen molar-refractivity contribution in [1.82, 2.24) is 14.9 Å². The molecule has 28 heavy (non-hydrogen) atoms. The summed E-state index contributed by atoms with van der Waals surface area (Å²) < 4.78 is 11.9. The van der Waals surface area contributed by atoms with E-state index in [9.17, 15) is 9.59 Å². The summed E-state index contributed by atoms with van der Waals surface area (Å²) in [6, 6.07) is 6.98. The second kappa shape index (κ2) is 8.26. The molecule has 0 fully saturated rings. The zero-order valence-corrected chi connectivity index (χ0v) is 16.9. The Morgan fingerprint density at radius 1 is 1.18 bits per heavy atom. The number of esters is 1. The Kier molecular flexibility index (Phi) is 5.79. The molecular weight excluding hydrogens is 378 g/mol. The number of rotatable bonds is 6. The smallest absolute Gasteiger partial charge is 0.341 e. The number of ether oxygens (including phenoxy) is 2. The lowest BCUT2D eigenvalue weighted by atomic mass is 10.1. The van der Waals surface area contributed by atoms with Gasteiger partial charge in [0.05, 0.1) is 19.8 Å². The van der Waals surface area contributed by atoms with Crippen LogP contribution in [0.4, 0.5) is 0 Å². The van der Waals surface area contributed by atoms with Gasteiger partial charge in [-0.15, -0.1) is 11.3 Å². The van der Waals surface area contributed by atoms with Crippen molar-refractivity contribution >= 4 is 23.2 Å². The first kappa shape index (κ1) is 19.6. The third-order valence-electron chi connectivity index (χ3n) is 4.41. The van der Waals surface area contributed by atoms with Crippen LogP contribution in [0.15, 0.2) is 35.8 Å². The number of carbonyl (C=O) groups is 2. The van der Waals surface area contributed by atoms with E-state index in [2.05, 4.69) is 10.3 Å². The van der Waals surface area contributed by atoms with Gasteiger partial charge in [-0.05, 0) is 37.6 Å². The van der Waals surface area contributed by atoms with Crippen LogP contribution in [-0.4, -0.2) is 35.6 Å². The highest BCUT2D eigenvalue weighted by Crippen LogP contribution is 2.23. The number of methoxy groups -OCH3 is 2. The predicted molar refractivity (Wildman–Crippen MR) is 106 cm³/mol. The van der Waals surface area contributed by atoms with Gasteiger partial charge >= 0.3 is 5.97 Å². The number of thiazole rings is 1. The quantitative estimate of drug-likeness (QED) is 0.643. The third-order valence-corrected chi connectivity index (χ3v) is 5.17. The van der Waals surface area contributed by atoms with E-state index in [1.165, 1.54) is 25.6 Å². The molecule has 1 N–H and O–H groups in total. The van der Waals surface area contributed by atoms with Gasteiger partial charge in [0, 0.05) is 29.5 Å². The molecule has 0 radical (unpaired) electrons. The number of carbonyl (C=O) groups excluding carboxylic acids is 2. The average molecular weight is 399 g/mol. The number of aromatic nitrogens is 2. The molecule has 2 aromatic heterocycles. The van der Waals surface area contributed by atoms with Crippen molar-refractivity contribution in [2.75, 3.05) is 14.2 Å². The summed E-state index contributed by atoms with van der Waals surface area (Å²) in [5, 5.41) is 5.63. The summed E-state index contributed by atoms with van der Waals surface area (Å²) in [5.74, 6) is -0.253. The third kappa shape index (κ3) is 3.77. The number of hydrogen-bond donors (Lipinski definition) is 1. The van der Waals surface area contributed by atoms with Crippen molar-refractivity contribution in [2.24, 2.45) is 0 Å². The van der Waals surface area contributed by atoms with Crippen LogP contribution in [0.1, 0.15) is 37.7 Å². The minimum Gasteiger partial charge on any atom is -0.496 e. The SMILES string of the molecule is COC(=O)c1cc(CNC(=O)c2cc(C)n(-c3nccs3)c2C)ccc1OC. The lowest BCUT2D eigenvalue weighted by molar-refractivity contribution is 0.0597. The number of nitrogens with one attached hydrogen (secondary N) is 1. The van der Waals surface area contributed by atoms with E-state index in [1.54, 1.807) is 24.4 Å². The van der Waals surface area contributed by atoms with Gasteiger partial charge in [-0.2, -0.15) is 0 Å². The Morgan fingerprint density at radius 2 is 1.96 bits per heavy atom. The van der Waals surface area contributed by atoms with Crippen LogP contribution in [0.25, 0.3) is 5.13 Å². The number of amides is 1. The zero-order chi connectivity index (χ0) is 20.3. The number of benzene rings is 1. The molecule has 8 heteroatoms. The minimum absolute atomic E-state index is 0.189. The second-order valence-corrected chi connectivity index (χ2v) is 7.02. The molecule has 0 bridgehead atoms. The number of aryl methyl sites for hydroxylation is 1. The summed E-state index contributed by atoms with van der Waals surface area (Å²) >= 11 is 1.51. The van der Waals surface area contributed by atoms with Gasteiger partial charge in [-0.25, -0.2) is 9.78 Å². The molecule has 0 aliphatic heterocycles. The van der Waals surface area contributed by atoms with Crippen LogP contribution >= 0.6 is 11.3 Å². The molecule has 1 amide bonds. The van der Waals surface area contributed by atoms with Crippen LogP contribution < -0.4 is 10.1 Å². The van der Waals surface area contributed by atoms with E-state index < -0.39 is 5.97 Å². The molecule has 3 rings (SSSR count). The Hall–Kier alpha value is -3.13. The molecule has 1 aromatic carbocycles. The van der Waals surface area contributed by atoms with E-state index in [-0.39, 0.29) is 12.5 Å². The first-order valence-electron chi connectivity index (χ1n) is 8.58. The van der Waals surface area contributed by atoms with Gasteiger partial charge in [0.2, 0.25) is 0 Å². The topological polar surface area (TPSA) is 82.5 Å². The van der Waals surface area contributed by atoms with Crippen molar-refractivity contribution in [3.8, 4) is 10.9 Å². The standard InChI is InChI=1S/C20H21N3O4S/c1-12-9-15(13(2)23(12)20-21-7-8-28-20)18(24)22-11-14-5-6-17(26-3)16(10-14)19(25)27-4/h5-10H,11H2,1-4H3,(H,22,24). The zero-order valence-electron chi connectivity index (χ0n) is 16.1. The highest BCUT2D eigenvalue weighted by Gasteiger charge is 2.18. The van der Waals surface area contributed by atoms with Gasteiger partial charge in [-0.1, -0.05) is 6.07 Å². The Labute approximate surface area is 166 Å². The number of nitrogens with zero attached hydrogens (tertiary/aromatic N) is 2. The van der Waals surface area contributed by atoms with Gasteiger partial charge in [0.15, 0.2) is 5.13 Å². The maximum absolute atomic E-state index is 12.7. The summed E-state index contributed by atoms with van der Waals surface area (Å²) in [5.41, 5.74) is 3.45. The largest absolute Gasteiger partial charge is 0.496 e. The lowest BCUT2D eigenvalue weighted by Gasteiger charge is -2.10. The fourth-order valence-electron chi connectivity index (χ4n) is 3.03. The molecule has 0 aliphatic rings. The fraction of sp³-hybridized carbons (Fsp3) is 0.250. The first-order chi connectivity index (χ1) is 13.5. The molecule has 0 unspecified atom stereocenters. The molecule has 0 aliphatic carbocycles. The summed E-state index contributed by atoms with van der Waals surface area (Å²) in [4.78, 5) is 28.9. The molecule has 0 saturated carbocycles. The van der Waals surface area contributed by atoms with E-state index in [0.717, 1.165) is 22.1 Å². The van der Waals surface area contributed by atoms with Crippen LogP contribution in [0.3, 0.4) is 0 Å². The lowest BCUT2D eigenvalue weighted by Crippen LogP contribution is -2.23. The van der Waals surface area contributed by atoms with Gasteiger partial charge in [0.25, 0.3) is 5.91 Å². The van der Waals surface area contributed by atoms with Crippen LogP contribution in [-0.2, 0) is 11.3 Å². The van der Waals surface area contributed by atoms with Crippen LogP contribution in [0.5, 0.6) is 5.75 Å². The van der Waals surface area contributed by atoms with E-state index in [0.29, 0.717) is 16.9 Å². The summed E-state index contributed by atoms with van der Waals surface area (Å²) in [7, 11) is 2.80. The van der Waals surface area contributed by atoms with Gasteiger partial charge in [-0.3, -0.25) is 9.36 Å². The van der Waals surface area contributed by atoms with Crippen LogP contribution in [0, 0.1) is 13.8 Å². The Balaban J connectivity index is 1.78. The number of hydrogen-bond acceptors (Lipinski definition) is 6. The van der Waals surface area contributed by atoms with Crippen molar-refractivity contribution in [1.29, 1.82) is 0 Å². The van der Waals surface area contributed by atoms with Gasteiger partial charge < -0.3 is 14.8 Å². The minimum atomic E-state index is -0.489. The normalized spacial score (nSPS) is 10.6. The second-order valence-electron chi connectivity index (χ2n) is 6.14. The van der Waals surface area contributed by atoms with Crippen molar-refractivity contribution in [3.05, 3.63) is 63.9 Å². The molecule has 3 aromatic rings. The highest BCUT2D eigenvalue weighted by atomic mass is 32.1. The molecule has 0 spiro atoms. The molecular formula is C20H21N3O4S. The summed E-state index contributed by atoms with van der Waals surface area (Å²) in [6.07, 6.45) is 1.74.